The van der Waals surface area contributed by atoms with Crippen LogP contribution in [0.3, 0.4) is 0 Å². The van der Waals surface area contributed by atoms with Crippen LogP contribution in [0.15, 0.2) is 35.1 Å². The summed E-state index contributed by atoms with van der Waals surface area (Å²) in [7, 11) is 1.52. The van der Waals surface area contributed by atoms with E-state index in [0.717, 1.165) is 11.6 Å². The molecule has 21 heavy (non-hydrogen) atoms. The van der Waals surface area contributed by atoms with Crippen molar-refractivity contribution >= 4 is 21.8 Å². The van der Waals surface area contributed by atoms with Crippen molar-refractivity contribution in [1.82, 2.24) is 15.1 Å². The monoisotopic (exact) mass is 361 g/mol. The maximum Gasteiger partial charge on any atom is 0.417 e. The first-order valence-electron chi connectivity index (χ1n) is 5.89. The Balaban J connectivity index is 2.23. The lowest BCUT2D eigenvalue weighted by Crippen LogP contribution is -2.26. The normalized spacial score (nSPS) is 11.5. The van der Waals surface area contributed by atoms with Crippen LogP contribution in [0.25, 0.3) is 0 Å². The highest BCUT2D eigenvalue weighted by Crippen LogP contribution is 2.35. The number of aromatic nitrogens is 2. The van der Waals surface area contributed by atoms with Gasteiger partial charge in [-0.2, -0.15) is 18.3 Å². The van der Waals surface area contributed by atoms with Gasteiger partial charge in [0.15, 0.2) is 0 Å². The molecule has 0 aliphatic heterocycles. The zero-order chi connectivity index (χ0) is 15.6. The zero-order valence-electron chi connectivity index (χ0n) is 10.9. The molecule has 1 amide bonds. The molecule has 2 aromatic rings. The lowest BCUT2D eigenvalue weighted by Gasteiger charge is -2.17. The molecule has 0 radical (unpaired) electrons. The lowest BCUT2D eigenvalue weighted by atomic mass is 10.1. The van der Waals surface area contributed by atoms with Crippen LogP contribution in [0.4, 0.5) is 13.2 Å². The molecule has 1 aromatic carbocycles. The predicted molar refractivity (Wildman–Crippen MR) is 73.5 cm³/mol. The molecule has 0 fully saturated rings. The van der Waals surface area contributed by atoms with Gasteiger partial charge in [0.05, 0.1) is 11.8 Å². The van der Waals surface area contributed by atoms with E-state index in [-0.39, 0.29) is 16.6 Å². The van der Waals surface area contributed by atoms with E-state index >= 15 is 0 Å². The van der Waals surface area contributed by atoms with E-state index < -0.39 is 17.6 Å². The second-order valence-electron chi connectivity index (χ2n) is 4.46. The number of rotatable bonds is 3. The standard InChI is InChI=1S/C13H11BrF3N3O/c1-20(7-8-5-18-19-6-8)12(21)9-2-3-11(14)10(4-9)13(15,16)17/h2-6H,7H2,1H3,(H,18,19). The molecule has 1 aromatic heterocycles. The molecule has 0 aliphatic carbocycles. The molecule has 1 heterocycles. The summed E-state index contributed by atoms with van der Waals surface area (Å²) in [6, 6.07) is 3.42. The number of carbonyl (C=O) groups is 1. The molecular formula is C13H11BrF3N3O. The maximum absolute atomic E-state index is 12.8. The molecule has 0 saturated carbocycles. The Bertz CT molecular complexity index is 641. The number of nitrogens with one attached hydrogen (secondary N) is 1. The van der Waals surface area contributed by atoms with E-state index in [1.54, 1.807) is 12.4 Å². The van der Waals surface area contributed by atoms with Crippen LogP contribution in [0.2, 0.25) is 0 Å². The third-order valence-electron chi connectivity index (χ3n) is 2.84. The van der Waals surface area contributed by atoms with Crippen LogP contribution in [0.5, 0.6) is 0 Å². The average Bonchev–Trinajstić information content (AvgIpc) is 2.90. The molecule has 2 rings (SSSR count). The van der Waals surface area contributed by atoms with E-state index in [2.05, 4.69) is 26.1 Å². The van der Waals surface area contributed by atoms with Gasteiger partial charge in [0.2, 0.25) is 0 Å². The van der Waals surface area contributed by atoms with Gasteiger partial charge in [-0.15, -0.1) is 0 Å². The first-order chi connectivity index (χ1) is 9.79. The van der Waals surface area contributed by atoms with E-state index in [1.165, 1.54) is 24.1 Å². The van der Waals surface area contributed by atoms with Gasteiger partial charge in [0.1, 0.15) is 0 Å². The zero-order valence-corrected chi connectivity index (χ0v) is 12.5. The number of aromatic amines is 1. The fourth-order valence-corrected chi connectivity index (χ4v) is 2.28. The SMILES string of the molecule is CN(Cc1cn[nH]c1)C(=O)c1ccc(Br)c(C(F)(F)F)c1. The second kappa shape index (κ2) is 5.88. The number of carbonyl (C=O) groups excluding carboxylic acids is 1. The summed E-state index contributed by atoms with van der Waals surface area (Å²) in [5.41, 5.74) is -0.124. The number of nitrogens with zero attached hydrogens (tertiary/aromatic N) is 2. The number of H-pyrrole nitrogens is 1. The van der Waals surface area contributed by atoms with Gasteiger partial charge in [0, 0.05) is 35.4 Å². The predicted octanol–water partition coefficient (Wildman–Crippen LogP) is 3.46. The molecule has 8 heteroatoms. The summed E-state index contributed by atoms with van der Waals surface area (Å²) in [6.45, 7) is 0.257. The highest BCUT2D eigenvalue weighted by Gasteiger charge is 2.33. The Labute approximate surface area is 127 Å². The van der Waals surface area contributed by atoms with Crippen molar-refractivity contribution in [3.05, 3.63) is 51.8 Å². The minimum atomic E-state index is -4.52. The molecule has 112 valence electrons. The summed E-state index contributed by atoms with van der Waals surface area (Å²) < 4.78 is 38.4. The first kappa shape index (κ1) is 15.6. The maximum atomic E-state index is 12.8. The molecule has 0 spiro atoms. The number of hydrogen-bond donors (Lipinski definition) is 1. The highest BCUT2D eigenvalue weighted by atomic mass is 79.9. The minimum absolute atomic E-state index is 0.0171. The van der Waals surface area contributed by atoms with Crippen molar-refractivity contribution in [2.45, 2.75) is 12.7 Å². The molecule has 0 unspecified atom stereocenters. The van der Waals surface area contributed by atoms with Crippen molar-refractivity contribution < 1.29 is 18.0 Å². The molecule has 4 nitrogen and oxygen atoms in total. The summed E-state index contributed by atoms with van der Waals surface area (Å²) in [4.78, 5) is 13.5. The van der Waals surface area contributed by atoms with E-state index in [4.69, 9.17) is 0 Å². The lowest BCUT2D eigenvalue weighted by molar-refractivity contribution is -0.138. The van der Waals surface area contributed by atoms with E-state index in [0.29, 0.717) is 0 Å². The first-order valence-corrected chi connectivity index (χ1v) is 6.68. The van der Waals surface area contributed by atoms with Gasteiger partial charge in [0.25, 0.3) is 5.91 Å². The number of hydrogen-bond acceptors (Lipinski definition) is 2. The van der Waals surface area contributed by atoms with Crippen LogP contribution in [0.1, 0.15) is 21.5 Å². The number of halogens is 4. The Hall–Kier alpha value is -1.83. The van der Waals surface area contributed by atoms with Crippen molar-refractivity contribution in [1.29, 1.82) is 0 Å². The molecule has 0 atom stereocenters. The molecular weight excluding hydrogens is 351 g/mol. The summed E-state index contributed by atoms with van der Waals surface area (Å²) in [5.74, 6) is -0.491. The average molecular weight is 362 g/mol. The number of amides is 1. The third-order valence-corrected chi connectivity index (χ3v) is 3.53. The Morgan fingerprint density at radius 1 is 1.43 bits per heavy atom. The Morgan fingerprint density at radius 3 is 2.71 bits per heavy atom. The quantitative estimate of drug-likeness (QED) is 0.909. The van der Waals surface area contributed by atoms with Crippen LogP contribution >= 0.6 is 15.9 Å². The van der Waals surface area contributed by atoms with Crippen molar-refractivity contribution in [3.63, 3.8) is 0 Å². The third kappa shape index (κ3) is 3.63. The fourth-order valence-electron chi connectivity index (χ4n) is 1.81. The van der Waals surface area contributed by atoms with Gasteiger partial charge in [-0.25, -0.2) is 0 Å². The number of alkyl halides is 3. The molecule has 0 saturated heterocycles. The second-order valence-corrected chi connectivity index (χ2v) is 5.31. The van der Waals surface area contributed by atoms with Gasteiger partial charge in [-0.3, -0.25) is 9.89 Å². The molecule has 1 N–H and O–H groups in total. The number of benzene rings is 1. The summed E-state index contributed by atoms with van der Waals surface area (Å²) in [6.07, 6.45) is -1.35. The Morgan fingerprint density at radius 2 is 2.14 bits per heavy atom. The fraction of sp³-hybridized carbons (Fsp3) is 0.231. The Kier molecular flexibility index (Phi) is 4.36. The van der Waals surface area contributed by atoms with Gasteiger partial charge >= 0.3 is 6.18 Å². The van der Waals surface area contributed by atoms with Crippen molar-refractivity contribution in [2.24, 2.45) is 0 Å². The minimum Gasteiger partial charge on any atom is -0.337 e. The van der Waals surface area contributed by atoms with Crippen LogP contribution in [-0.2, 0) is 12.7 Å². The molecule has 0 bridgehead atoms. The van der Waals surface area contributed by atoms with Crippen molar-refractivity contribution in [2.75, 3.05) is 7.05 Å². The van der Waals surface area contributed by atoms with E-state index in [1.807, 2.05) is 0 Å². The van der Waals surface area contributed by atoms with E-state index in [9.17, 15) is 18.0 Å². The smallest absolute Gasteiger partial charge is 0.337 e. The topological polar surface area (TPSA) is 49.0 Å². The summed E-state index contributed by atoms with van der Waals surface area (Å²) in [5, 5.41) is 6.35. The van der Waals surface area contributed by atoms with Gasteiger partial charge in [-0.05, 0) is 18.2 Å². The van der Waals surface area contributed by atoms with Crippen LogP contribution in [0, 0.1) is 0 Å². The van der Waals surface area contributed by atoms with Crippen LogP contribution < -0.4 is 0 Å². The summed E-state index contributed by atoms with van der Waals surface area (Å²) >= 11 is 2.84. The van der Waals surface area contributed by atoms with Gasteiger partial charge in [-0.1, -0.05) is 15.9 Å². The van der Waals surface area contributed by atoms with Crippen molar-refractivity contribution in [3.8, 4) is 0 Å². The molecule has 0 aliphatic rings. The van der Waals surface area contributed by atoms with Crippen LogP contribution in [-0.4, -0.2) is 28.1 Å². The largest absolute Gasteiger partial charge is 0.417 e. The highest BCUT2D eigenvalue weighted by molar-refractivity contribution is 9.10. The van der Waals surface area contributed by atoms with Gasteiger partial charge < -0.3 is 4.90 Å².